The summed E-state index contributed by atoms with van der Waals surface area (Å²) in [7, 11) is 0. The number of carbonyl (C=O) groups is 2. The van der Waals surface area contributed by atoms with Crippen molar-refractivity contribution in [3.8, 4) is 0 Å². The third kappa shape index (κ3) is 4.92. The monoisotopic (exact) mass is 407 g/mol. The van der Waals surface area contributed by atoms with Crippen molar-refractivity contribution >= 4 is 40.1 Å². The van der Waals surface area contributed by atoms with Crippen LogP contribution in [0.25, 0.3) is 0 Å². The van der Waals surface area contributed by atoms with Crippen molar-refractivity contribution in [2.24, 2.45) is 4.99 Å². The van der Waals surface area contributed by atoms with Crippen molar-refractivity contribution in [3.63, 3.8) is 0 Å². The summed E-state index contributed by atoms with van der Waals surface area (Å²) in [5.41, 5.74) is 0.806. The molecule has 2 N–H and O–H groups in total. The first-order chi connectivity index (χ1) is 13.2. The minimum Gasteiger partial charge on any atom is -0.326 e. The number of amidine groups is 1. The number of hydrogen-bond donors (Lipinski definition) is 2. The molecular weight excluding hydrogens is 391 g/mol. The molecule has 1 aliphatic heterocycles. The summed E-state index contributed by atoms with van der Waals surface area (Å²) in [5.74, 6) is -0.738. The van der Waals surface area contributed by atoms with Gasteiger partial charge in [-0.15, -0.1) is 0 Å². The molecule has 1 atom stereocenters. The van der Waals surface area contributed by atoms with Gasteiger partial charge in [0.1, 0.15) is 5.25 Å². The molecule has 0 aromatic heterocycles. The molecule has 3 rings (SSSR count). The number of halogens is 3. The Kier molecular flexibility index (Phi) is 5.73. The van der Waals surface area contributed by atoms with Crippen molar-refractivity contribution in [1.29, 1.82) is 0 Å². The van der Waals surface area contributed by atoms with Gasteiger partial charge in [-0.2, -0.15) is 13.2 Å². The maximum absolute atomic E-state index is 12.8. The Hall–Kier alpha value is -2.81. The van der Waals surface area contributed by atoms with Crippen LogP contribution in [0.3, 0.4) is 0 Å². The highest BCUT2D eigenvalue weighted by Crippen LogP contribution is 2.32. The number of nitrogens with zero attached hydrogens (tertiary/aromatic N) is 1. The van der Waals surface area contributed by atoms with Gasteiger partial charge < -0.3 is 10.6 Å². The van der Waals surface area contributed by atoms with Crippen LogP contribution in [0.4, 0.5) is 24.5 Å². The Morgan fingerprint density at radius 2 is 1.96 bits per heavy atom. The fraction of sp³-hybridized carbons (Fsp3) is 0.211. The highest BCUT2D eigenvalue weighted by atomic mass is 32.2. The third-order valence-electron chi connectivity index (χ3n) is 3.97. The summed E-state index contributed by atoms with van der Waals surface area (Å²) in [6, 6.07) is 11.8. The molecule has 1 saturated heterocycles. The third-order valence-corrected chi connectivity index (χ3v) is 5.05. The van der Waals surface area contributed by atoms with E-state index >= 15 is 0 Å². The molecule has 0 unspecified atom stereocenters. The van der Waals surface area contributed by atoms with Crippen LogP contribution < -0.4 is 10.6 Å². The summed E-state index contributed by atoms with van der Waals surface area (Å²) in [6.45, 7) is 1.85. The molecule has 2 aromatic carbocycles. The normalized spacial score (nSPS) is 18.2. The van der Waals surface area contributed by atoms with E-state index in [-0.39, 0.29) is 23.2 Å². The van der Waals surface area contributed by atoms with E-state index in [1.54, 1.807) is 12.1 Å². The zero-order chi connectivity index (χ0) is 20.3. The predicted molar refractivity (Wildman–Crippen MR) is 102 cm³/mol. The number of amides is 2. The van der Waals surface area contributed by atoms with Crippen molar-refractivity contribution < 1.29 is 22.8 Å². The van der Waals surface area contributed by atoms with Crippen LogP contribution in [-0.2, 0) is 15.8 Å². The molecule has 0 saturated carbocycles. The number of rotatable bonds is 4. The SMILES string of the molecule is Cc1ccccc1NC(=O)C[C@@H]1SC(=Nc2cccc(C(F)(F)F)c2)NC1=O. The van der Waals surface area contributed by atoms with E-state index in [0.29, 0.717) is 5.69 Å². The predicted octanol–water partition coefficient (Wildman–Crippen LogP) is 4.26. The number of para-hydroxylation sites is 1. The minimum absolute atomic E-state index is 0.0719. The van der Waals surface area contributed by atoms with Gasteiger partial charge in [-0.05, 0) is 36.8 Å². The Labute approximate surface area is 163 Å². The van der Waals surface area contributed by atoms with E-state index in [9.17, 15) is 22.8 Å². The highest BCUT2D eigenvalue weighted by molar-refractivity contribution is 8.15. The molecule has 146 valence electrons. The number of thioether (sulfide) groups is 1. The Balaban J connectivity index is 1.66. The zero-order valence-corrected chi connectivity index (χ0v) is 15.5. The van der Waals surface area contributed by atoms with Crippen molar-refractivity contribution in [2.75, 3.05) is 5.32 Å². The molecule has 9 heteroatoms. The second kappa shape index (κ2) is 8.05. The van der Waals surface area contributed by atoms with Gasteiger partial charge in [-0.25, -0.2) is 4.99 Å². The van der Waals surface area contributed by atoms with E-state index in [2.05, 4.69) is 15.6 Å². The number of aryl methyl sites for hydroxylation is 1. The number of alkyl halides is 3. The Morgan fingerprint density at radius 3 is 2.68 bits per heavy atom. The van der Waals surface area contributed by atoms with Gasteiger partial charge in [0, 0.05) is 12.1 Å². The first kappa shape index (κ1) is 19.9. The molecule has 1 fully saturated rings. The molecule has 0 aliphatic carbocycles. The lowest BCUT2D eigenvalue weighted by molar-refractivity contribution is -0.137. The fourth-order valence-corrected chi connectivity index (χ4v) is 3.53. The first-order valence-electron chi connectivity index (χ1n) is 8.31. The van der Waals surface area contributed by atoms with Gasteiger partial charge in [0.05, 0.1) is 11.3 Å². The minimum atomic E-state index is -4.47. The van der Waals surface area contributed by atoms with Crippen molar-refractivity contribution in [2.45, 2.75) is 24.8 Å². The molecule has 5 nitrogen and oxygen atoms in total. The quantitative estimate of drug-likeness (QED) is 0.796. The van der Waals surface area contributed by atoms with Gasteiger partial charge in [0.15, 0.2) is 5.17 Å². The number of nitrogens with one attached hydrogen (secondary N) is 2. The average molecular weight is 407 g/mol. The highest BCUT2D eigenvalue weighted by Gasteiger charge is 2.33. The van der Waals surface area contributed by atoms with E-state index in [0.717, 1.165) is 29.5 Å². The fourth-order valence-electron chi connectivity index (χ4n) is 2.54. The number of aliphatic imine (C=N–C) groups is 1. The molecule has 2 aromatic rings. The molecule has 1 aliphatic rings. The van der Waals surface area contributed by atoms with Gasteiger partial charge in [-0.1, -0.05) is 36.0 Å². The van der Waals surface area contributed by atoms with E-state index in [1.165, 1.54) is 12.1 Å². The van der Waals surface area contributed by atoms with Crippen LogP contribution >= 0.6 is 11.8 Å². The van der Waals surface area contributed by atoms with E-state index < -0.39 is 22.9 Å². The summed E-state index contributed by atoms with van der Waals surface area (Å²) in [4.78, 5) is 28.4. The maximum Gasteiger partial charge on any atom is 0.416 e. The van der Waals surface area contributed by atoms with Crippen LogP contribution in [0.15, 0.2) is 53.5 Å². The van der Waals surface area contributed by atoms with Crippen LogP contribution in [0.5, 0.6) is 0 Å². The van der Waals surface area contributed by atoms with Crippen LogP contribution in [-0.4, -0.2) is 22.2 Å². The molecule has 2 amide bonds. The van der Waals surface area contributed by atoms with E-state index in [1.807, 2.05) is 19.1 Å². The topological polar surface area (TPSA) is 70.6 Å². The largest absolute Gasteiger partial charge is 0.416 e. The summed E-state index contributed by atoms with van der Waals surface area (Å²) in [5, 5.41) is 4.72. The molecule has 0 spiro atoms. The summed E-state index contributed by atoms with van der Waals surface area (Å²) >= 11 is 1.02. The lowest BCUT2D eigenvalue weighted by Gasteiger charge is -2.09. The maximum atomic E-state index is 12.8. The van der Waals surface area contributed by atoms with Crippen LogP contribution in [0.1, 0.15) is 17.5 Å². The van der Waals surface area contributed by atoms with E-state index in [4.69, 9.17) is 0 Å². The van der Waals surface area contributed by atoms with Crippen LogP contribution in [0, 0.1) is 6.92 Å². The molecule has 1 heterocycles. The number of anilines is 1. The second-order valence-electron chi connectivity index (χ2n) is 6.13. The molecule has 28 heavy (non-hydrogen) atoms. The molecular formula is C19H16F3N3O2S. The Bertz CT molecular complexity index is 944. The Morgan fingerprint density at radius 1 is 1.21 bits per heavy atom. The van der Waals surface area contributed by atoms with Crippen LogP contribution in [0.2, 0.25) is 0 Å². The van der Waals surface area contributed by atoms with Gasteiger partial charge in [-0.3, -0.25) is 9.59 Å². The van der Waals surface area contributed by atoms with Crippen molar-refractivity contribution in [1.82, 2.24) is 5.32 Å². The lowest BCUT2D eigenvalue weighted by atomic mass is 10.2. The number of hydrogen-bond acceptors (Lipinski definition) is 4. The first-order valence-corrected chi connectivity index (χ1v) is 9.19. The van der Waals surface area contributed by atoms with Gasteiger partial charge in [0.25, 0.3) is 0 Å². The standard InChI is InChI=1S/C19H16F3N3O2S/c1-11-5-2-3-8-14(11)24-16(26)10-15-17(27)25-18(28-15)23-13-7-4-6-12(9-13)19(20,21)22/h2-9,15H,10H2,1H3,(H,24,26)(H,23,25,27)/t15-/m0/s1. The van der Waals surface area contributed by atoms with Gasteiger partial charge >= 0.3 is 6.18 Å². The van der Waals surface area contributed by atoms with Crippen molar-refractivity contribution in [3.05, 3.63) is 59.7 Å². The summed E-state index contributed by atoms with van der Waals surface area (Å²) in [6.07, 6.45) is -4.55. The number of benzene rings is 2. The average Bonchev–Trinajstić information content (AvgIpc) is 2.95. The van der Waals surface area contributed by atoms with Gasteiger partial charge in [0.2, 0.25) is 11.8 Å². The molecule has 0 radical (unpaired) electrons. The number of carbonyl (C=O) groups excluding carboxylic acids is 2. The zero-order valence-electron chi connectivity index (χ0n) is 14.7. The smallest absolute Gasteiger partial charge is 0.326 e. The molecule has 0 bridgehead atoms. The summed E-state index contributed by atoms with van der Waals surface area (Å²) < 4.78 is 38.4. The second-order valence-corrected chi connectivity index (χ2v) is 7.32. The lowest BCUT2D eigenvalue weighted by Crippen LogP contribution is -2.28.